The van der Waals surface area contributed by atoms with Crippen molar-refractivity contribution < 1.29 is 50.1 Å². The predicted molar refractivity (Wildman–Crippen MR) is 86.6 cm³/mol. The molecule has 12 nitrogen and oxygen atoms in total. The van der Waals surface area contributed by atoms with Crippen LogP contribution in [0.2, 0.25) is 0 Å². The predicted octanol–water partition coefficient (Wildman–Crippen LogP) is -3.73. The van der Waals surface area contributed by atoms with Gasteiger partial charge in [0.25, 0.3) is 11.9 Å². The van der Waals surface area contributed by atoms with Crippen LogP contribution in [0.5, 0.6) is 0 Å². The Bertz CT molecular complexity index is 294. The number of hydrogen-bond acceptors (Lipinski definition) is 9. The number of primary amides is 1. The van der Waals surface area contributed by atoms with E-state index in [4.69, 9.17) is 45.3 Å². The van der Waals surface area contributed by atoms with Gasteiger partial charge in [0.2, 0.25) is 5.91 Å². The quantitative estimate of drug-likeness (QED) is 0.206. The molecule has 0 radical (unpaired) electrons. The van der Waals surface area contributed by atoms with Gasteiger partial charge in [0.1, 0.15) is 0 Å². The molecule has 0 saturated carbocycles. The zero-order valence-electron chi connectivity index (χ0n) is 14.4. The van der Waals surface area contributed by atoms with Crippen molar-refractivity contribution in [1.82, 2.24) is 4.90 Å². The molecule has 1 amide bonds. The zero-order chi connectivity index (χ0) is 20.8. The number of carbonyl (C=O) groups excluding carboxylic acids is 1. The van der Waals surface area contributed by atoms with Crippen LogP contribution in [0.15, 0.2) is 0 Å². The number of rotatable bonds is 8. The third-order valence-corrected chi connectivity index (χ3v) is 1.75. The van der Waals surface area contributed by atoms with E-state index in [1.807, 2.05) is 0 Å². The number of aliphatic hydroxyl groups is 5. The first-order valence-corrected chi connectivity index (χ1v) is 7.02. The summed E-state index contributed by atoms with van der Waals surface area (Å²) < 4.78 is 0. The Balaban J connectivity index is -0.000000128. The molecule has 0 heterocycles. The molecule has 0 aliphatic rings. The lowest BCUT2D eigenvalue weighted by Crippen LogP contribution is -2.32. The summed E-state index contributed by atoms with van der Waals surface area (Å²) in [5.74, 6) is -2.57. The van der Waals surface area contributed by atoms with Crippen molar-refractivity contribution in [3.8, 4) is 0 Å². The average molecular weight is 374 g/mol. The highest BCUT2D eigenvalue weighted by Crippen LogP contribution is 1.84. The molecule has 0 aliphatic heterocycles. The first kappa shape index (κ1) is 31.0. The highest BCUT2D eigenvalue weighted by atomic mass is 16.4. The number of nitrogens with zero attached hydrogens (tertiary/aromatic N) is 1. The smallest absolute Gasteiger partial charge is 0.300 e. The second-order valence-corrected chi connectivity index (χ2v) is 4.15. The van der Waals surface area contributed by atoms with Gasteiger partial charge < -0.3 is 41.5 Å². The second-order valence-electron chi connectivity index (χ2n) is 4.15. The number of hydrogen-bond donors (Lipinski definition) is 8. The number of carbonyl (C=O) groups is 3. The largest absolute Gasteiger partial charge is 0.481 e. The van der Waals surface area contributed by atoms with Gasteiger partial charge in [-0.2, -0.15) is 0 Å². The third kappa shape index (κ3) is 52.0. The average Bonchev–Trinajstić information content (AvgIpc) is 2.46. The molecule has 152 valence electrons. The molecule has 1 atom stereocenters. The molecule has 0 rings (SSSR count). The molecular formula is C13H30N2O10. The number of nitrogens with two attached hydrogens (primary N) is 1. The van der Waals surface area contributed by atoms with E-state index in [0.717, 1.165) is 13.8 Å². The van der Waals surface area contributed by atoms with E-state index in [9.17, 15) is 4.79 Å². The van der Waals surface area contributed by atoms with Crippen LogP contribution in [-0.4, -0.2) is 111 Å². The summed E-state index contributed by atoms with van der Waals surface area (Å²) in [6.07, 6.45) is -1.40. The van der Waals surface area contributed by atoms with Crippen molar-refractivity contribution in [3.05, 3.63) is 0 Å². The van der Waals surface area contributed by atoms with E-state index >= 15 is 0 Å². The van der Waals surface area contributed by atoms with E-state index in [0.29, 0.717) is 19.6 Å². The van der Waals surface area contributed by atoms with Gasteiger partial charge in [-0.1, -0.05) is 0 Å². The molecule has 0 saturated heterocycles. The van der Waals surface area contributed by atoms with Gasteiger partial charge in [0.05, 0.1) is 26.4 Å². The van der Waals surface area contributed by atoms with Crippen LogP contribution in [0.25, 0.3) is 0 Å². The fraction of sp³-hybridized carbons (Fsp3) is 0.769. The zero-order valence-corrected chi connectivity index (χ0v) is 14.4. The highest BCUT2D eigenvalue weighted by Gasteiger charge is 2.06. The lowest BCUT2D eigenvalue weighted by atomic mass is 10.4. The molecular weight excluding hydrogens is 344 g/mol. The summed E-state index contributed by atoms with van der Waals surface area (Å²) >= 11 is 0. The number of carboxylic acid groups (broad SMARTS) is 2. The molecule has 25 heavy (non-hydrogen) atoms. The van der Waals surface area contributed by atoms with Gasteiger partial charge in [-0.3, -0.25) is 19.3 Å². The molecule has 0 bridgehead atoms. The van der Waals surface area contributed by atoms with Gasteiger partial charge in [-0.05, 0) is 0 Å². The Morgan fingerprint density at radius 2 is 1.08 bits per heavy atom. The van der Waals surface area contributed by atoms with Crippen LogP contribution in [-0.2, 0) is 14.4 Å². The fourth-order valence-corrected chi connectivity index (χ4v) is 0.850. The fourth-order valence-electron chi connectivity index (χ4n) is 0.850. The first-order valence-electron chi connectivity index (χ1n) is 7.02. The summed E-state index contributed by atoms with van der Waals surface area (Å²) in [7, 11) is 0. The van der Waals surface area contributed by atoms with E-state index in [1.165, 1.54) is 0 Å². The molecule has 0 aliphatic carbocycles. The minimum atomic E-state index is -1.40. The lowest BCUT2D eigenvalue weighted by Gasteiger charge is -2.17. The van der Waals surface area contributed by atoms with Gasteiger partial charge in [0, 0.05) is 33.5 Å². The van der Waals surface area contributed by atoms with Gasteiger partial charge in [0.15, 0.2) is 6.10 Å². The highest BCUT2D eigenvalue weighted by molar-refractivity contribution is 5.78. The maximum atomic E-state index is 9.74. The van der Waals surface area contributed by atoms with Crippen molar-refractivity contribution in [2.75, 3.05) is 46.1 Å². The van der Waals surface area contributed by atoms with Gasteiger partial charge in [-0.15, -0.1) is 0 Å². The van der Waals surface area contributed by atoms with Gasteiger partial charge in [-0.25, -0.2) is 0 Å². The minimum Gasteiger partial charge on any atom is -0.481 e. The van der Waals surface area contributed by atoms with E-state index in [1.54, 1.807) is 4.90 Å². The first-order chi connectivity index (χ1) is 11.5. The summed E-state index contributed by atoms with van der Waals surface area (Å²) in [4.78, 5) is 29.5. The molecule has 0 aromatic rings. The van der Waals surface area contributed by atoms with Crippen molar-refractivity contribution in [2.45, 2.75) is 20.0 Å². The summed E-state index contributed by atoms with van der Waals surface area (Å²) in [6.45, 7) is 3.32. The Morgan fingerprint density at radius 3 is 1.16 bits per heavy atom. The van der Waals surface area contributed by atoms with Crippen molar-refractivity contribution >= 4 is 17.8 Å². The molecule has 12 heteroatoms. The Morgan fingerprint density at radius 1 is 0.840 bits per heavy atom. The maximum absolute atomic E-state index is 9.74. The topological polar surface area (TPSA) is 222 Å². The Labute approximate surface area is 145 Å². The van der Waals surface area contributed by atoms with E-state index in [-0.39, 0.29) is 19.8 Å². The van der Waals surface area contributed by atoms with Crippen LogP contribution in [0, 0.1) is 0 Å². The summed E-state index contributed by atoms with van der Waals surface area (Å²) in [5, 5.41) is 56.5. The van der Waals surface area contributed by atoms with E-state index < -0.39 is 30.6 Å². The minimum absolute atomic E-state index is 0.0694. The summed E-state index contributed by atoms with van der Waals surface area (Å²) in [5.41, 5.74) is 4.50. The number of amides is 1. The van der Waals surface area contributed by atoms with Crippen molar-refractivity contribution in [2.24, 2.45) is 5.73 Å². The van der Waals surface area contributed by atoms with Crippen molar-refractivity contribution in [1.29, 1.82) is 0 Å². The molecule has 0 spiro atoms. The monoisotopic (exact) mass is 374 g/mol. The maximum Gasteiger partial charge on any atom is 0.300 e. The SMILES string of the molecule is CC(=O)O.CC(=O)O.NC(=O)C(O)CO.OCCN(CCO)CCO. The summed E-state index contributed by atoms with van der Waals surface area (Å²) in [6, 6.07) is 0. The molecule has 9 N–H and O–H groups in total. The third-order valence-electron chi connectivity index (χ3n) is 1.75. The normalized spacial score (nSPS) is 10.1. The van der Waals surface area contributed by atoms with E-state index in [2.05, 4.69) is 5.73 Å². The van der Waals surface area contributed by atoms with Gasteiger partial charge >= 0.3 is 0 Å². The Hall–Kier alpha value is -1.83. The van der Waals surface area contributed by atoms with Crippen LogP contribution in [0.4, 0.5) is 0 Å². The lowest BCUT2D eigenvalue weighted by molar-refractivity contribution is -0.135. The van der Waals surface area contributed by atoms with Crippen LogP contribution in [0.1, 0.15) is 13.8 Å². The van der Waals surface area contributed by atoms with Crippen LogP contribution >= 0.6 is 0 Å². The number of aliphatic carboxylic acids is 2. The molecule has 0 aromatic carbocycles. The molecule has 0 aromatic heterocycles. The number of carboxylic acids is 2. The molecule has 0 fully saturated rings. The Kier molecular flexibility index (Phi) is 30.3. The van der Waals surface area contributed by atoms with Crippen LogP contribution in [0.3, 0.4) is 0 Å². The molecule has 1 unspecified atom stereocenters. The van der Waals surface area contributed by atoms with Crippen molar-refractivity contribution in [3.63, 3.8) is 0 Å². The number of aliphatic hydroxyl groups excluding tert-OH is 5. The van der Waals surface area contributed by atoms with Crippen LogP contribution < -0.4 is 5.73 Å². The second kappa shape index (κ2) is 24.4. The standard InChI is InChI=1S/C6H15NO3.C3H7NO3.2C2H4O2/c8-4-1-7(2-5-9)3-6-10;4-3(7)2(6)1-5;2*1-2(3)4/h8-10H,1-6H2;2,5-6H,1H2,(H2,4,7);2*1H3,(H,3,4).